The molecule has 2 nitrogen and oxygen atoms in total. The first-order valence-electron chi connectivity index (χ1n) is 6.84. The normalized spacial score (nSPS) is 21.6. The molecule has 0 heterocycles. The van der Waals surface area contributed by atoms with E-state index in [0.29, 0.717) is 11.6 Å². The van der Waals surface area contributed by atoms with E-state index < -0.39 is 0 Å². The van der Waals surface area contributed by atoms with Crippen LogP contribution in [0.2, 0.25) is 0 Å². The van der Waals surface area contributed by atoms with Gasteiger partial charge in [-0.05, 0) is 38.5 Å². The predicted octanol–water partition coefficient (Wildman–Crippen LogP) is 3.36. The molecule has 1 aliphatic rings. The molecule has 0 aliphatic heterocycles. The molecule has 1 saturated carbocycles. The molecule has 1 N–H and O–H groups in total. The van der Waals surface area contributed by atoms with Crippen molar-refractivity contribution in [2.75, 3.05) is 13.7 Å². The second-order valence-corrected chi connectivity index (χ2v) is 5.91. The molecule has 1 atom stereocenters. The Morgan fingerprint density at radius 2 is 1.81 bits per heavy atom. The van der Waals surface area contributed by atoms with Gasteiger partial charge < -0.3 is 10.1 Å². The molecule has 1 aliphatic carbocycles. The standard InChI is InChI=1S/C14H29NO/c1-12(2)11-13(3)15-14(9-10-16-4)7-5-6-8-14/h12-13,15H,5-11H2,1-4H3. The van der Waals surface area contributed by atoms with Gasteiger partial charge >= 0.3 is 0 Å². The van der Waals surface area contributed by atoms with E-state index in [-0.39, 0.29) is 0 Å². The molecule has 96 valence electrons. The number of nitrogens with one attached hydrogen (secondary N) is 1. The fourth-order valence-corrected chi connectivity index (χ4v) is 3.10. The fourth-order valence-electron chi connectivity index (χ4n) is 3.10. The molecule has 0 radical (unpaired) electrons. The highest BCUT2D eigenvalue weighted by Gasteiger charge is 2.34. The summed E-state index contributed by atoms with van der Waals surface area (Å²) in [5.74, 6) is 0.781. The highest BCUT2D eigenvalue weighted by Crippen LogP contribution is 2.33. The van der Waals surface area contributed by atoms with E-state index in [2.05, 4.69) is 26.1 Å². The van der Waals surface area contributed by atoms with Crippen LogP contribution in [0, 0.1) is 5.92 Å². The van der Waals surface area contributed by atoms with E-state index in [1.165, 1.54) is 38.5 Å². The maximum atomic E-state index is 5.25. The third kappa shape index (κ3) is 4.42. The summed E-state index contributed by atoms with van der Waals surface area (Å²) < 4.78 is 5.25. The lowest BCUT2D eigenvalue weighted by atomic mass is 9.91. The van der Waals surface area contributed by atoms with Crippen LogP contribution in [-0.2, 0) is 4.74 Å². The third-order valence-electron chi connectivity index (χ3n) is 3.72. The van der Waals surface area contributed by atoms with Gasteiger partial charge in [-0.2, -0.15) is 0 Å². The van der Waals surface area contributed by atoms with Crippen LogP contribution in [0.25, 0.3) is 0 Å². The van der Waals surface area contributed by atoms with Crippen LogP contribution >= 0.6 is 0 Å². The summed E-state index contributed by atoms with van der Waals surface area (Å²) in [4.78, 5) is 0. The third-order valence-corrected chi connectivity index (χ3v) is 3.72. The van der Waals surface area contributed by atoms with Crippen LogP contribution in [0.3, 0.4) is 0 Å². The molecule has 0 aromatic carbocycles. The fraction of sp³-hybridized carbons (Fsp3) is 1.00. The second-order valence-electron chi connectivity index (χ2n) is 5.91. The van der Waals surface area contributed by atoms with Gasteiger partial charge in [0, 0.05) is 25.3 Å². The molecule has 0 bridgehead atoms. The van der Waals surface area contributed by atoms with E-state index in [0.717, 1.165) is 12.5 Å². The number of ether oxygens (including phenoxy) is 1. The van der Waals surface area contributed by atoms with Crippen molar-refractivity contribution < 1.29 is 4.74 Å². The number of hydrogen-bond acceptors (Lipinski definition) is 2. The van der Waals surface area contributed by atoms with Crippen molar-refractivity contribution in [3.63, 3.8) is 0 Å². The van der Waals surface area contributed by atoms with Crippen molar-refractivity contribution in [3.05, 3.63) is 0 Å². The van der Waals surface area contributed by atoms with E-state index in [1.807, 2.05) is 0 Å². The van der Waals surface area contributed by atoms with Gasteiger partial charge in [-0.3, -0.25) is 0 Å². The van der Waals surface area contributed by atoms with Crippen molar-refractivity contribution in [2.45, 2.75) is 70.9 Å². The van der Waals surface area contributed by atoms with Crippen LogP contribution in [0.1, 0.15) is 59.3 Å². The molecule has 16 heavy (non-hydrogen) atoms. The van der Waals surface area contributed by atoms with Gasteiger partial charge in [-0.1, -0.05) is 26.7 Å². The number of rotatable bonds is 7. The summed E-state index contributed by atoms with van der Waals surface area (Å²) in [5.41, 5.74) is 0.379. The summed E-state index contributed by atoms with van der Waals surface area (Å²) in [6.45, 7) is 7.82. The molecule has 1 rings (SSSR count). The van der Waals surface area contributed by atoms with Crippen LogP contribution in [-0.4, -0.2) is 25.3 Å². The lowest BCUT2D eigenvalue weighted by Gasteiger charge is -2.34. The average molecular weight is 227 g/mol. The Balaban J connectivity index is 2.43. The second kappa shape index (κ2) is 6.61. The predicted molar refractivity (Wildman–Crippen MR) is 69.7 cm³/mol. The lowest BCUT2D eigenvalue weighted by molar-refractivity contribution is 0.147. The minimum atomic E-state index is 0.379. The van der Waals surface area contributed by atoms with E-state index in [4.69, 9.17) is 4.74 Å². The van der Waals surface area contributed by atoms with Crippen LogP contribution in [0.4, 0.5) is 0 Å². The molecule has 0 saturated heterocycles. The van der Waals surface area contributed by atoms with E-state index in [9.17, 15) is 0 Å². The van der Waals surface area contributed by atoms with E-state index >= 15 is 0 Å². The summed E-state index contributed by atoms with van der Waals surface area (Å²) in [5, 5.41) is 3.88. The molecule has 0 aromatic rings. The van der Waals surface area contributed by atoms with Gasteiger partial charge in [0.15, 0.2) is 0 Å². The molecular formula is C14H29NO. The van der Waals surface area contributed by atoms with Crippen molar-refractivity contribution in [3.8, 4) is 0 Å². The monoisotopic (exact) mass is 227 g/mol. The molecule has 1 fully saturated rings. The first kappa shape index (κ1) is 14.0. The summed E-state index contributed by atoms with van der Waals surface area (Å²) in [6, 6.07) is 0.634. The Morgan fingerprint density at radius 1 is 1.19 bits per heavy atom. The van der Waals surface area contributed by atoms with Crippen LogP contribution in [0.5, 0.6) is 0 Å². The Bertz CT molecular complexity index is 185. The molecule has 1 unspecified atom stereocenters. The molecule has 0 amide bonds. The molecule has 2 heteroatoms. The summed E-state index contributed by atoms with van der Waals surface area (Å²) in [6.07, 6.45) is 7.87. The Morgan fingerprint density at radius 3 is 2.31 bits per heavy atom. The topological polar surface area (TPSA) is 21.3 Å². The zero-order chi connectivity index (χ0) is 12.0. The zero-order valence-electron chi connectivity index (χ0n) is 11.5. The minimum absolute atomic E-state index is 0.379. The van der Waals surface area contributed by atoms with Crippen LogP contribution in [0.15, 0.2) is 0 Å². The van der Waals surface area contributed by atoms with Crippen molar-refractivity contribution >= 4 is 0 Å². The zero-order valence-corrected chi connectivity index (χ0v) is 11.5. The van der Waals surface area contributed by atoms with Crippen molar-refractivity contribution in [1.29, 1.82) is 0 Å². The highest BCUT2D eigenvalue weighted by molar-refractivity contribution is 4.94. The van der Waals surface area contributed by atoms with E-state index in [1.54, 1.807) is 7.11 Å². The van der Waals surface area contributed by atoms with Crippen molar-refractivity contribution in [2.24, 2.45) is 5.92 Å². The maximum Gasteiger partial charge on any atom is 0.0479 e. The first-order chi connectivity index (χ1) is 7.58. The Hall–Kier alpha value is -0.0800. The minimum Gasteiger partial charge on any atom is -0.385 e. The van der Waals surface area contributed by atoms with Crippen LogP contribution < -0.4 is 5.32 Å². The lowest BCUT2D eigenvalue weighted by Crippen LogP contribution is -2.48. The average Bonchev–Trinajstić information content (AvgIpc) is 2.62. The largest absolute Gasteiger partial charge is 0.385 e. The maximum absolute atomic E-state index is 5.25. The van der Waals surface area contributed by atoms with Gasteiger partial charge in [0.05, 0.1) is 0 Å². The van der Waals surface area contributed by atoms with Crippen molar-refractivity contribution in [1.82, 2.24) is 5.32 Å². The van der Waals surface area contributed by atoms with Gasteiger partial charge in [0.2, 0.25) is 0 Å². The van der Waals surface area contributed by atoms with Gasteiger partial charge in [0.1, 0.15) is 0 Å². The first-order valence-corrected chi connectivity index (χ1v) is 6.84. The smallest absolute Gasteiger partial charge is 0.0479 e. The molecule has 0 aromatic heterocycles. The van der Waals surface area contributed by atoms with Gasteiger partial charge in [-0.15, -0.1) is 0 Å². The quantitative estimate of drug-likeness (QED) is 0.720. The summed E-state index contributed by atoms with van der Waals surface area (Å²) >= 11 is 0. The SMILES string of the molecule is COCCC1(NC(C)CC(C)C)CCCC1. The Labute approximate surface area is 101 Å². The summed E-state index contributed by atoms with van der Waals surface area (Å²) in [7, 11) is 1.81. The van der Waals surface area contributed by atoms with Gasteiger partial charge in [-0.25, -0.2) is 0 Å². The molecular weight excluding hydrogens is 198 g/mol. The number of methoxy groups -OCH3 is 1. The Kier molecular flexibility index (Phi) is 5.77. The number of hydrogen-bond donors (Lipinski definition) is 1. The van der Waals surface area contributed by atoms with Gasteiger partial charge in [0.25, 0.3) is 0 Å². The molecule has 0 spiro atoms. The highest BCUT2D eigenvalue weighted by atomic mass is 16.5.